The molecule has 2 aromatic rings. The lowest BCUT2D eigenvalue weighted by molar-refractivity contribution is 0.100. The zero-order chi connectivity index (χ0) is 13.8. The summed E-state index contributed by atoms with van der Waals surface area (Å²) in [6, 6.07) is 8.97. The van der Waals surface area contributed by atoms with Gasteiger partial charge in [-0.25, -0.2) is 0 Å². The van der Waals surface area contributed by atoms with Crippen molar-refractivity contribution in [3.8, 4) is 0 Å². The number of benzene rings is 1. The summed E-state index contributed by atoms with van der Waals surface area (Å²) in [6.45, 7) is 2.06. The Labute approximate surface area is 115 Å². The molecule has 0 aliphatic heterocycles. The average Bonchev–Trinajstić information content (AvgIpc) is 2.87. The topological polar surface area (TPSA) is 72.2 Å². The molecule has 0 spiro atoms. The molecule has 0 atom stereocenters. The van der Waals surface area contributed by atoms with Crippen LogP contribution in [0.5, 0.6) is 0 Å². The summed E-state index contributed by atoms with van der Waals surface area (Å²) < 4.78 is 0. The molecular formula is C14H14N2O2S. The number of carbonyl (C=O) groups excluding carboxylic acids is 2. The molecule has 1 aromatic heterocycles. The second-order valence-electron chi connectivity index (χ2n) is 4.03. The number of nitrogens with two attached hydrogens (primary N) is 1. The second-order valence-corrected chi connectivity index (χ2v) is 4.95. The Morgan fingerprint density at radius 2 is 1.89 bits per heavy atom. The normalized spacial score (nSPS) is 10.2. The van der Waals surface area contributed by atoms with E-state index in [1.165, 1.54) is 16.9 Å². The lowest BCUT2D eigenvalue weighted by Gasteiger charge is -2.05. The van der Waals surface area contributed by atoms with Crippen LogP contribution in [-0.4, -0.2) is 11.8 Å². The standard InChI is InChI=1S/C14H14N2O2S/c1-2-9-3-5-10(6-4-9)13(18)16-14-11(12(15)17)7-8-19-14/h3-8H,2H2,1H3,(H2,15,17)(H,16,18). The van der Waals surface area contributed by atoms with Gasteiger partial charge in [-0.2, -0.15) is 0 Å². The zero-order valence-electron chi connectivity index (χ0n) is 10.5. The fraction of sp³-hybridized carbons (Fsp3) is 0.143. The number of aryl methyl sites for hydroxylation is 1. The number of anilines is 1. The van der Waals surface area contributed by atoms with E-state index in [4.69, 9.17) is 5.73 Å². The van der Waals surface area contributed by atoms with Crippen molar-refractivity contribution in [2.24, 2.45) is 5.73 Å². The van der Waals surface area contributed by atoms with Gasteiger partial charge in [0, 0.05) is 5.56 Å². The van der Waals surface area contributed by atoms with Crippen molar-refractivity contribution in [2.75, 3.05) is 5.32 Å². The molecule has 0 aliphatic rings. The fourth-order valence-corrected chi connectivity index (χ4v) is 2.45. The average molecular weight is 274 g/mol. The van der Waals surface area contributed by atoms with Crippen LogP contribution in [0.2, 0.25) is 0 Å². The first-order valence-corrected chi connectivity index (χ1v) is 6.77. The first-order chi connectivity index (χ1) is 9.11. The molecule has 5 heteroatoms. The molecular weight excluding hydrogens is 260 g/mol. The molecule has 2 rings (SSSR count). The van der Waals surface area contributed by atoms with Gasteiger partial charge in [-0.15, -0.1) is 11.3 Å². The van der Waals surface area contributed by atoms with Crippen LogP contribution in [0, 0.1) is 0 Å². The van der Waals surface area contributed by atoms with Gasteiger partial charge in [0.2, 0.25) is 0 Å². The minimum Gasteiger partial charge on any atom is -0.366 e. The van der Waals surface area contributed by atoms with Crippen molar-refractivity contribution in [1.29, 1.82) is 0 Å². The van der Waals surface area contributed by atoms with Crippen molar-refractivity contribution >= 4 is 28.2 Å². The smallest absolute Gasteiger partial charge is 0.256 e. The highest BCUT2D eigenvalue weighted by molar-refractivity contribution is 7.14. The van der Waals surface area contributed by atoms with Crippen molar-refractivity contribution < 1.29 is 9.59 Å². The van der Waals surface area contributed by atoms with Gasteiger partial charge in [-0.05, 0) is 35.6 Å². The molecule has 4 nitrogen and oxygen atoms in total. The fourth-order valence-electron chi connectivity index (χ4n) is 1.67. The minimum absolute atomic E-state index is 0.243. The van der Waals surface area contributed by atoms with E-state index in [0.717, 1.165) is 6.42 Å². The molecule has 0 fully saturated rings. The maximum atomic E-state index is 12.0. The van der Waals surface area contributed by atoms with Gasteiger partial charge >= 0.3 is 0 Å². The Bertz CT molecular complexity index is 602. The van der Waals surface area contributed by atoms with E-state index in [2.05, 4.69) is 12.2 Å². The summed E-state index contributed by atoms with van der Waals surface area (Å²) in [7, 11) is 0. The van der Waals surface area contributed by atoms with Crippen molar-refractivity contribution in [1.82, 2.24) is 0 Å². The van der Waals surface area contributed by atoms with Gasteiger partial charge < -0.3 is 11.1 Å². The van der Waals surface area contributed by atoms with E-state index in [9.17, 15) is 9.59 Å². The molecule has 2 amide bonds. The number of nitrogens with one attached hydrogen (secondary N) is 1. The summed E-state index contributed by atoms with van der Waals surface area (Å²) in [6.07, 6.45) is 0.929. The quantitative estimate of drug-likeness (QED) is 0.899. The predicted molar refractivity (Wildman–Crippen MR) is 76.6 cm³/mol. The van der Waals surface area contributed by atoms with Crippen LogP contribution in [0.1, 0.15) is 33.2 Å². The van der Waals surface area contributed by atoms with Crippen LogP contribution < -0.4 is 11.1 Å². The lowest BCUT2D eigenvalue weighted by Crippen LogP contribution is -2.16. The van der Waals surface area contributed by atoms with E-state index in [-0.39, 0.29) is 5.91 Å². The van der Waals surface area contributed by atoms with E-state index < -0.39 is 5.91 Å². The highest BCUT2D eigenvalue weighted by atomic mass is 32.1. The molecule has 19 heavy (non-hydrogen) atoms. The van der Waals surface area contributed by atoms with Crippen molar-refractivity contribution in [3.05, 3.63) is 52.4 Å². The molecule has 1 aromatic carbocycles. The third-order valence-electron chi connectivity index (χ3n) is 2.78. The first kappa shape index (κ1) is 13.3. The summed E-state index contributed by atoms with van der Waals surface area (Å²) in [4.78, 5) is 23.2. The Balaban J connectivity index is 2.16. The number of hydrogen-bond acceptors (Lipinski definition) is 3. The third-order valence-corrected chi connectivity index (χ3v) is 3.61. The number of hydrogen-bond donors (Lipinski definition) is 2. The Hall–Kier alpha value is -2.14. The number of primary amides is 1. The van der Waals surface area contributed by atoms with Crippen LogP contribution in [0.4, 0.5) is 5.00 Å². The van der Waals surface area contributed by atoms with Crippen molar-refractivity contribution in [3.63, 3.8) is 0 Å². The molecule has 0 radical (unpaired) electrons. The van der Waals surface area contributed by atoms with E-state index in [0.29, 0.717) is 16.1 Å². The molecule has 0 bridgehead atoms. The molecule has 98 valence electrons. The summed E-state index contributed by atoms with van der Waals surface area (Å²) in [5.74, 6) is -0.787. The molecule has 0 aliphatic carbocycles. The van der Waals surface area contributed by atoms with Gasteiger partial charge in [-0.1, -0.05) is 19.1 Å². The highest BCUT2D eigenvalue weighted by Gasteiger charge is 2.13. The maximum Gasteiger partial charge on any atom is 0.256 e. The van der Waals surface area contributed by atoms with Gasteiger partial charge in [0.1, 0.15) is 5.00 Å². The molecule has 0 saturated carbocycles. The van der Waals surface area contributed by atoms with E-state index in [1.54, 1.807) is 23.6 Å². The predicted octanol–water partition coefficient (Wildman–Crippen LogP) is 2.66. The second kappa shape index (κ2) is 5.67. The van der Waals surface area contributed by atoms with Gasteiger partial charge in [0.15, 0.2) is 0 Å². The number of carbonyl (C=O) groups is 2. The number of thiophene rings is 1. The third kappa shape index (κ3) is 3.00. The lowest BCUT2D eigenvalue weighted by atomic mass is 10.1. The number of amides is 2. The van der Waals surface area contributed by atoms with E-state index >= 15 is 0 Å². The SMILES string of the molecule is CCc1ccc(C(=O)Nc2sccc2C(N)=O)cc1. The first-order valence-electron chi connectivity index (χ1n) is 5.89. The maximum absolute atomic E-state index is 12.0. The van der Waals surface area contributed by atoms with Crippen LogP contribution >= 0.6 is 11.3 Å². The molecule has 3 N–H and O–H groups in total. The molecule has 0 saturated heterocycles. The largest absolute Gasteiger partial charge is 0.366 e. The Morgan fingerprint density at radius 1 is 1.21 bits per heavy atom. The minimum atomic E-state index is -0.544. The summed E-state index contributed by atoms with van der Waals surface area (Å²) >= 11 is 1.28. The molecule has 1 heterocycles. The molecule has 0 unspecified atom stereocenters. The van der Waals surface area contributed by atoms with Crippen LogP contribution in [-0.2, 0) is 6.42 Å². The van der Waals surface area contributed by atoms with Gasteiger partial charge in [0.25, 0.3) is 11.8 Å². The van der Waals surface area contributed by atoms with Crippen LogP contribution in [0.3, 0.4) is 0 Å². The van der Waals surface area contributed by atoms with Crippen molar-refractivity contribution in [2.45, 2.75) is 13.3 Å². The zero-order valence-corrected chi connectivity index (χ0v) is 11.3. The van der Waals surface area contributed by atoms with Gasteiger partial charge in [0.05, 0.1) is 5.56 Å². The summed E-state index contributed by atoms with van der Waals surface area (Å²) in [5, 5.41) is 4.91. The van der Waals surface area contributed by atoms with Crippen LogP contribution in [0.25, 0.3) is 0 Å². The highest BCUT2D eigenvalue weighted by Crippen LogP contribution is 2.23. The Kier molecular flexibility index (Phi) is 3.97. The number of rotatable bonds is 4. The van der Waals surface area contributed by atoms with Gasteiger partial charge in [-0.3, -0.25) is 9.59 Å². The monoisotopic (exact) mass is 274 g/mol. The summed E-state index contributed by atoms with van der Waals surface area (Å²) in [5.41, 5.74) is 7.29. The van der Waals surface area contributed by atoms with E-state index in [1.807, 2.05) is 12.1 Å². The van der Waals surface area contributed by atoms with Crippen LogP contribution in [0.15, 0.2) is 35.7 Å². The Morgan fingerprint density at radius 3 is 2.47 bits per heavy atom.